The Balaban J connectivity index is 2.00. The fraction of sp³-hybridized carbons (Fsp3) is 0.240. The molecule has 0 amide bonds. The summed E-state index contributed by atoms with van der Waals surface area (Å²) in [5.41, 5.74) is 8.36. The fourth-order valence-corrected chi connectivity index (χ4v) is 4.22. The van der Waals surface area contributed by atoms with Crippen LogP contribution in [0.15, 0.2) is 59.0 Å². The lowest BCUT2D eigenvalue weighted by Gasteiger charge is -2.29. The molecule has 0 fully saturated rings. The van der Waals surface area contributed by atoms with E-state index in [1.807, 2.05) is 19.1 Å². The van der Waals surface area contributed by atoms with E-state index in [4.69, 9.17) is 24.7 Å². The smallest absolute Gasteiger partial charge is 0.259 e. The van der Waals surface area contributed by atoms with E-state index in [0.717, 1.165) is 5.56 Å². The molecule has 2 N–H and O–H groups in total. The van der Waals surface area contributed by atoms with Gasteiger partial charge in [0.15, 0.2) is 11.5 Å². The van der Waals surface area contributed by atoms with Crippen molar-refractivity contribution in [3.8, 4) is 29.1 Å². The predicted molar refractivity (Wildman–Crippen MR) is 124 cm³/mol. The minimum absolute atomic E-state index is 0.0671. The zero-order valence-electron chi connectivity index (χ0n) is 19.3. The number of aromatic nitrogens is 2. The van der Waals surface area contributed by atoms with Gasteiger partial charge in [0.2, 0.25) is 11.6 Å². The van der Waals surface area contributed by atoms with Gasteiger partial charge < -0.3 is 29.2 Å². The summed E-state index contributed by atoms with van der Waals surface area (Å²) in [5.74, 6) is 0.524. The maximum atomic E-state index is 13.9. The number of nitrogens with two attached hydrogens (primary N) is 1. The van der Waals surface area contributed by atoms with Crippen molar-refractivity contribution in [2.45, 2.75) is 19.4 Å². The Labute approximate surface area is 196 Å². The van der Waals surface area contributed by atoms with Crippen LogP contribution in [0.2, 0.25) is 0 Å². The number of allylic oxidation sites excluding steroid dienone is 1. The van der Waals surface area contributed by atoms with Crippen LogP contribution in [0.25, 0.3) is 0 Å². The Bertz CT molecular complexity index is 1370. The van der Waals surface area contributed by atoms with Crippen molar-refractivity contribution in [1.82, 2.24) is 9.55 Å². The number of rotatable bonds is 6. The molecule has 0 bridgehead atoms. The molecule has 9 nitrogen and oxygen atoms in total. The topological polar surface area (TPSA) is 122 Å². The molecular formula is C25H24N4O5. The van der Waals surface area contributed by atoms with Crippen molar-refractivity contribution < 1.29 is 18.9 Å². The van der Waals surface area contributed by atoms with E-state index >= 15 is 0 Å². The number of benzene rings is 1. The lowest BCUT2D eigenvalue weighted by molar-refractivity contribution is 0.321. The maximum Gasteiger partial charge on any atom is 0.259 e. The van der Waals surface area contributed by atoms with Gasteiger partial charge in [0.05, 0.1) is 39.4 Å². The predicted octanol–water partition coefficient (Wildman–Crippen LogP) is 2.84. The molecule has 174 valence electrons. The third kappa shape index (κ3) is 3.69. The molecule has 1 aromatic carbocycles. The lowest BCUT2D eigenvalue weighted by Crippen LogP contribution is -2.33. The largest absolute Gasteiger partial charge is 0.493 e. The molecule has 1 aliphatic heterocycles. The van der Waals surface area contributed by atoms with E-state index in [0.29, 0.717) is 40.8 Å². The van der Waals surface area contributed by atoms with Crippen LogP contribution in [-0.2, 0) is 6.54 Å². The second kappa shape index (κ2) is 9.19. The minimum Gasteiger partial charge on any atom is -0.493 e. The van der Waals surface area contributed by atoms with Gasteiger partial charge in [-0.2, -0.15) is 5.26 Å². The van der Waals surface area contributed by atoms with Crippen LogP contribution in [0, 0.1) is 18.3 Å². The molecule has 0 spiro atoms. The summed E-state index contributed by atoms with van der Waals surface area (Å²) in [6.45, 7) is 2.15. The highest BCUT2D eigenvalue weighted by atomic mass is 16.5. The van der Waals surface area contributed by atoms with Gasteiger partial charge in [-0.25, -0.2) is 0 Å². The summed E-state index contributed by atoms with van der Waals surface area (Å²) in [5, 5.41) is 9.98. The summed E-state index contributed by atoms with van der Waals surface area (Å²) in [7, 11) is 4.49. The molecule has 0 saturated carbocycles. The second-order valence-electron chi connectivity index (χ2n) is 7.66. The molecule has 34 heavy (non-hydrogen) atoms. The number of nitrogens with zero attached hydrogens (tertiary/aromatic N) is 3. The van der Waals surface area contributed by atoms with Crippen molar-refractivity contribution in [3.05, 3.63) is 86.9 Å². The van der Waals surface area contributed by atoms with Gasteiger partial charge in [0.1, 0.15) is 17.4 Å². The van der Waals surface area contributed by atoms with E-state index in [1.54, 1.807) is 35.2 Å². The first kappa shape index (κ1) is 22.7. The van der Waals surface area contributed by atoms with Crippen LogP contribution in [0.5, 0.6) is 23.0 Å². The SMILES string of the molecule is COc1ccc(C2C(C#N)=C(N)Oc3cc(C)n(Cc4ccncc4)c(=O)c32)c(OC)c1OC. The number of hydrogen-bond donors (Lipinski definition) is 1. The monoisotopic (exact) mass is 460 g/mol. The summed E-state index contributed by atoms with van der Waals surface area (Å²) < 4.78 is 24.0. The molecule has 1 aliphatic rings. The third-order valence-corrected chi connectivity index (χ3v) is 5.83. The lowest BCUT2D eigenvalue weighted by atomic mass is 9.83. The van der Waals surface area contributed by atoms with Crippen molar-refractivity contribution >= 4 is 0 Å². The van der Waals surface area contributed by atoms with Crippen LogP contribution in [0.1, 0.15) is 28.3 Å². The number of nitriles is 1. The Hall–Kier alpha value is -4.45. The van der Waals surface area contributed by atoms with Crippen molar-refractivity contribution in [2.24, 2.45) is 5.73 Å². The number of methoxy groups -OCH3 is 3. The van der Waals surface area contributed by atoms with Crippen LogP contribution in [-0.4, -0.2) is 30.9 Å². The summed E-state index contributed by atoms with van der Waals surface area (Å²) in [4.78, 5) is 17.9. The van der Waals surface area contributed by atoms with Gasteiger partial charge in [0.25, 0.3) is 5.56 Å². The second-order valence-corrected chi connectivity index (χ2v) is 7.66. The van der Waals surface area contributed by atoms with E-state index in [-0.39, 0.29) is 22.6 Å². The molecule has 0 radical (unpaired) electrons. The zero-order chi connectivity index (χ0) is 24.4. The molecular weight excluding hydrogens is 436 g/mol. The maximum absolute atomic E-state index is 13.9. The quantitative estimate of drug-likeness (QED) is 0.596. The highest BCUT2D eigenvalue weighted by Crippen LogP contribution is 2.48. The fourth-order valence-electron chi connectivity index (χ4n) is 4.22. The molecule has 3 heterocycles. The summed E-state index contributed by atoms with van der Waals surface area (Å²) in [6, 6.07) is 11.0. The summed E-state index contributed by atoms with van der Waals surface area (Å²) in [6.07, 6.45) is 3.34. The van der Waals surface area contributed by atoms with E-state index in [9.17, 15) is 10.1 Å². The number of ether oxygens (including phenoxy) is 4. The molecule has 0 saturated heterocycles. The minimum atomic E-state index is -0.833. The Morgan fingerprint density at radius 1 is 1.12 bits per heavy atom. The Kier molecular flexibility index (Phi) is 6.15. The zero-order valence-corrected chi connectivity index (χ0v) is 19.3. The number of pyridine rings is 2. The number of aryl methyl sites for hydroxylation is 1. The average Bonchev–Trinajstić information content (AvgIpc) is 2.85. The number of hydrogen-bond acceptors (Lipinski definition) is 8. The first-order valence-corrected chi connectivity index (χ1v) is 10.4. The summed E-state index contributed by atoms with van der Waals surface area (Å²) >= 11 is 0. The van der Waals surface area contributed by atoms with Crippen LogP contribution in [0.3, 0.4) is 0 Å². The van der Waals surface area contributed by atoms with Crippen LogP contribution >= 0.6 is 0 Å². The average molecular weight is 460 g/mol. The molecule has 0 aliphatic carbocycles. The molecule has 1 unspecified atom stereocenters. The Morgan fingerprint density at radius 2 is 1.82 bits per heavy atom. The van der Waals surface area contributed by atoms with E-state index in [2.05, 4.69) is 11.1 Å². The van der Waals surface area contributed by atoms with Crippen molar-refractivity contribution in [3.63, 3.8) is 0 Å². The first-order chi connectivity index (χ1) is 16.4. The number of fused-ring (bicyclic) bond motifs is 1. The molecule has 4 rings (SSSR count). The molecule has 9 heteroatoms. The normalized spacial score (nSPS) is 14.6. The highest BCUT2D eigenvalue weighted by Gasteiger charge is 2.37. The van der Waals surface area contributed by atoms with Gasteiger partial charge in [-0.1, -0.05) is 6.07 Å². The third-order valence-electron chi connectivity index (χ3n) is 5.83. The Morgan fingerprint density at radius 3 is 2.44 bits per heavy atom. The standard InChI is InChI=1S/C25H24N4O5/c1-14-11-19-21(25(30)29(14)13-15-7-9-28-10-8-15)20(17(12-26)24(27)34-19)16-5-6-18(31-2)23(33-4)22(16)32-3/h5-11,20H,13,27H2,1-4H3. The van der Waals surface area contributed by atoms with Gasteiger partial charge in [-0.3, -0.25) is 9.78 Å². The van der Waals surface area contributed by atoms with Crippen molar-refractivity contribution in [1.29, 1.82) is 5.26 Å². The van der Waals surface area contributed by atoms with Gasteiger partial charge in [-0.15, -0.1) is 0 Å². The van der Waals surface area contributed by atoms with Gasteiger partial charge in [-0.05, 0) is 30.7 Å². The van der Waals surface area contributed by atoms with E-state index < -0.39 is 5.92 Å². The van der Waals surface area contributed by atoms with Crippen LogP contribution < -0.4 is 30.2 Å². The molecule has 3 aromatic rings. The van der Waals surface area contributed by atoms with Crippen molar-refractivity contribution in [2.75, 3.05) is 21.3 Å². The van der Waals surface area contributed by atoms with Gasteiger partial charge in [0, 0.05) is 29.7 Å². The highest BCUT2D eigenvalue weighted by molar-refractivity contribution is 5.64. The molecule has 2 aromatic heterocycles. The molecule has 1 atom stereocenters. The first-order valence-electron chi connectivity index (χ1n) is 10.4. The van der Waals surface area contributed by atoms with E-state index in [1.165, 1.54) is 21.3 Å². The van der Waals surface area contributed by atoms with Crippen LogP contribution in [0.4, 0.5) is 0 Å². The van der Waals surface area contributed by atoms with Gasteiger partial charge >= 0.3 is 0 Å².